The molecule has 3 nitrogen and oxygen atoms in total. The van der Waals surface area contributed by atoms with E-state index in [0.29, 0.717) is 6.42 Å². The fourth-order valence-electron chi connectivity index (χ4n) is 2.39. The molecule has 0 aromatic carbocycles. The first-order valence-electron chi connectivity index (χ1n) is 7.03. The summed E-state index contributed by atoms with van der Waals surface area (Å²) in [6.07, 6.45) is 7.64. The molecule has 18 heavy (non-hydrogen) atoms. The summed E-state index contributed by atoms with van der Waals surface area (Å²) in [6.45, 7) is 8.35. The molecule has 1 aliphatic rings. The molecule has 0 aromatic heterocycles. The molecule has 0 amide bonds. The Hall–Kier alpha value is -0.670. The highest BCUT2D eigenvalue weighted by molar-refractivity contribution is 5.75. The molecule has 3 atom stereocenters. The molecule has 1 fully saturated rings. The first-order chi connectivity index (χ1) is 8.65. The van der Waals surface area contributed by atoms with Crippen molar-refractivity contribution in [3.05, 3.63) is 12.7 Å². The Balaban J connectivity index is 2.45. The van der Waals surface area contributed by atoms with Crippen molar-refractivity contribution in [1.29, 1.82) is 0 Å². The minimum atomic E-state index is 0.0211. The van der Waals surface area contributed by atoms with E-state index in [0.717, 1.165) is 38.7 Å². The molecule has 3 heteroatoms. The highest BCUT2D eigenvalue weighted by Gasteiger charge is 2.29. The van der Waals surface area contributed by atoms with Crippen molar-refractivity contribution in [1.82, 2.24) is 0 Å². The lowest BCUT2D eigenvalue weighted by Gasteiger charge is -2.34. The Bertz CT molecular complexity index is 262. The normalized spacial score (nSPS) is 28.0. The van der Waals surface area contributed by atoms with Gasteiger partial charge in [0, 0.05) is 25.9 Å². The number of Topliss-reactive ketones (excluding diaryl/α,β-unsaturated/α-hetero) is 1. The summed E-state index contributed by atoms with van der Waals surface area (Å²) >= 11 is 0. The SMILES string of the molecule is C=CCC1CC(OCCCC)CC(CC(C)=O)O1. The zero-order valence-corrected chi connectivity index (χ0v) is 11.7. The standard InChI is InChI=1S/C15H26O3/c1-4-6-8-17-14-10-13(7-5-2)18-15(11-14)9-12(3)16/h5,13-15H,2,4,6-11H2,1,3H3. The van der Waals surface area contributed by atoms with E-state index < -0.39 is 0 Å². The van der Waals surface area contributed by atoms with Crippen LogP contribution in [-0.2, 0) is 14.3 Å². The third-order valence-corrected chi connectivity index (χ3v) is 3.23. The first-order valence-corrected chi connectivity index (χ1v) is 7.03. The summed E-state index contributed by atoms with van der Waals surface area (Å²) in [4.78, 5) is 11.2. The van der Waals surface area contributed by atoms with Gasteiger partial charge < -0.3 is 9.47 Å². The van der Waals surface area contributed by atoms with E-state index in [1.807, 2.05) is 6.08 Å². The summed E-state index contributed by atoms with van der Waals surface area (Å²) in [6, 6.07) is 0. The average Bonchev–Trinajstić information content (AvgIpc) is 2.28. The third kappa shape index (κ3) is 5.78. The van der Waals surface area contributed by atoms with E-state index in [2.05, 4.69) is 13.5 Å². The summed E-state index contributed by atoms with van der Waals surface area (Å²) in [5.41, 5.74) is 0. The van der Waals surface area contributed by atoms with E-state index >= 15 is 0 Å². The number of carbonyl (C=O) groups is 1. The van der Waals surface area contributed by atoms with Gasteiger partial charge in [0.2, 0.25) is 0 Å². The number of carbonyl (C=O) groups excluding carboxylic acids is 1. The molecule has 0 aromatic rings. The highest BCUT2D eigenvalue weighted by Crippen LogP contribution is 2.26. The summed E-state index contributed by atoms with van der Waals surface area (Å²) in [5, 5.41) is 0. The smallest absolute Gasteiger partial charge is 0.132 e. The van der Waals surface area contributed by atoms with Crippen molar-refractivity contribution in [2.75, 3.05) is 6.61 Å². The molecule has 0 saturated carbocycles. The Morgan fingerprint density at radius 1 is 1.44 bits per heavy atom. The fraction of sp³-hybridized carbons (Fsp3) is 0.800. The average molecular weight is 254 g/mol. The molecule has 1 heterocycles. The number of rotatable bonds is 8. The Labute approximate surface area is 111 Å². The van der Waals surface area contributed by atoms with Gasteiger partial charge in [-0.25, -0.2) is 0 Å². The van der Waals surface area contributed by atoms with Crippen LogP contribution in [0, 0.1) is 0 Å². The maximum Gasteiger partial charge on any atom is 0.132 e. The van der Waals surface area contributed by atoms with Crippen molar-refractivity contribution >= 4 is 5.78 Å². The van der Waals surface area contributed by atoms with Crippen LogP contribution in [0.15, 0.2) is 12.7 Å². The van der Waals surface area contributed by atoms with Crippen LogP contribution in [0.2, 0.25) is 0 Å². The number of hydrogen-bond acceptors (Lipinski definition) is 3. The van der Waals surface area contributed by atoms with Crippen LogP contribution < -0.4 is 0 Å². The summed E-state index contributed by atoms with van der Waals surface area (Å²) in [7, 11) is 0. The number of ether oxygens (including phenoxy) is 2. The minimum absolute atomic E-state index is 0.0211. The maximum atomic E-state index is 11.2. The topological polar surface area (TPSA) is 35.5 Å². The molecule has 0 spiro atoms. The van der Waals surface area contributed by atoms with Crippen LogP contribution in [-0.4, -0.2) is 30.7 Å². The molecular formula is C15H26O3. The van der Waals surface area contributed by atoms with Crippen LogP contribution in [0.3, 0.4) is 0 Å². The second-order valence-corrected chi connectivity index (χ2v) is 5.13. The largest absolute Gasteiger partial charge is 0.378 e. The van der Waals surface area contributed by atoms with Crippen LogP contribution >= 0.6 is 0 Å². The van der Waals surface area contributed by atoms with Gasteiger partial charge in [-0.05, 0) is 19.8 Å². The van der Waals surface area contributed by atoms with Gasteiger partial charge in [0.25, 0.3) is 0 Å². The quantitative estimate of drug-likeness (QED) is 0.492. The molecule has 0 N–H and O–H groups in total. The molecule has 1 saturated heterocycles. The molecule has 0 bridgehead atoms. The monoisotopic (exact) mass is 254 g/mol. The van der Waals surface area contributed by atoms with E-state index in [1.165, 1.54) is 0 Å². The van der Waals surface area contributed by atoms with E-state index in [1.54, 1.807) is 6.92 Å². The first kappa shape index (κ1) is 15.4. The van der Waals surface area contributed by atoms with Crippen LogP contribution in [0.1, 0.15) is 52.4 Å². The van der Waals surface area contributed by atoms with Gasteiger partial charge in [-0.15, -0.1) is 6.58 Å². The Kier molecular flexibility index (Phi) is 7.21. The predicted molar refractivity (Wildman–Crippen MR) is 72.7 cm³/mol. The third-order valence-electron chi connectivity index (χ3n) is 3.23. The van der Waals surface area contributed by atoms with Gasteiger partial charge in [-0.2, -0.15) is 0 Å². The Morgan fingerprint density at radius 3 is 2.78 bits per heavy atom. The van der Waals surface area contributed by atoms with Crippen LogP contribution in [0.25, 0.3) is 0 Å². The summed E-state index contributed by atoms with van der Waals surface area (Å²) < 4.78 is 11.8. The highest BCUT2D eigenvalue weighted by atomic mass is 16.5. The van der Waals surface area contributed by atoms with Crippen LogP contribution in [0.4, 0.5) is 0 Å². The van der Waals surface area contributed by atoms with Gasteiger partial charge in [-0.1, -0.05) is 19.4 Å². The Morgan fingerprint density at radius 2 is 2.17 bits per heavy atom. The molecule has 3 unspecified atom stereocenters. The van der Waals surface area contributed by atoms with Crippen molar-refractivity contribution in [2.24, 2.45) is 0 Å². The number of unbranched alkanes of at least 4 members (excludes halogenated alkanes) is 1. The van der Waals surface area contributed by atoms with Gasteiger partial charge in [0.1, 0.15) is 5.78 Å². The molecule has 1 aliphatic heterocycles. The van der Waals surface area contributed by atoms with Crippen molar-refractivity contribution in [3.8, 4) is 0 Å². The van der Waals surface area contributed by atoms with Crippen molar-refractivity contribution in [3.63, 3.8) is 0 Å². The number of hydrogen-bond donors (Lipinski definition) is 0. The van der Waals surface area contributed by atoms with Crippen molar-refractivity contribution < 1.29 is 14.3 Å². The second-order valence-electron chi connectivity index (χ2n) is 5.13. The second kappa shape index (κ2) is 8.44. The van der Waals surface area contributed by atoms with Crippen LogP contribution in [0.5, 0.6) is 0 Å². The molecule has 1 rings (SSSR count). The minimum Gasteiger partial charge on any atom is -0.378 e. The van der Waals surface area contributed by atoms with E-state index in [-0.39, 0.29) is 24.1 Å². The lowest BCUT2D eigenvalue weighted by atomic mass is 9.96. The van der Waals surface area contributed by atoms with E-state index in [9.17, 15) is 4.79 Å². The van der Waals surface area contributed by atoms with Gasteiger partial charge in [0.15, 0.2) is 0 Å². The summed E-state index contributed by atoms with van der Waals surface area (Å²) in [5.74, 6) is 0.187. The predicted octanol–water partition coefficient (Wildman–Crippen LogP) is 3.27. The van der Waals surface area contributed by atoms with E-state index in [4.69, 9.17) is 9.47 Å². The zero-order valence-electron chi connectivity index (χ0n) is 11.7. The zero-order chi connectivity index (χ0) is 13.4. The van der Waals surface area contributed by atoms with Gasteiger partial charge in [-0.3, -0.25) is 4.79 Å². The fourth-order valence-corrected chi connectivity index (χ4v) is 2.39. The van der Waals surface area contributed by atoms with Gasteiger partial charge in [0.05, 0.1) is 18.3 Å². The molecule has 104 valence electrons. The molecule has 0 radical (unpaired) electrons. The molecular weight excluding hydrogens is 228 g/mol. The maximum absolute atomic E-state index is 11.2. The number of ketones is 1. The lowest BCUT2D eigenvalue weighted by Crippen LogP contribution is -2.37. The lowest BCUT2D eigenvalue weighted by molar-refractivity contribution is -0.133. The van der Waals surface area contributed by atoms with Crippen molar-refractivity contribution in [2.45, 2.75) is 70.7 Å². The van der Waals surface area contributed by atoms with Gasteiger partial charge >= 0.3 is 0 Å². The molecule has 0 aliphatic carbocycles.